The molecule has 0 aliphatic carbocycles. The summed E-state index contributed by atoms with van der Waals surface area (Å²) < 4.78 is 7.24. The van der Waals surface area contributed by atoms with Gasteiger partial charge in [-0.05, 0) is 31.5 Å². The lowest BCUT2D eigenvalue weighted by molar-refractivity contribution is 0.394. The second kappa shape index (κ2) is 8.38. The van der Waals surface area contributed by atoms with E-state index in [0.29, 0.717) is 23.7 Å². The van der Waals surface area contributed by atoms with Crippen molar-refractivity contribution in [3.63, 3.8) is 0 Å². The van der Waals surface area contributed by atoms with Gasteiger partial charge in [0.1, 0.15) is 5.69 Å². The molecule has 1 fully saturated rings. The minimum Gasteiger partial charge on any atom is -0.350 e. The van der Waals surface area contributed by atoms with Gasteiger partial charge in [0.25, 0.3) is 0 Å². The molecule has 166 valence electrons. The molecule has 0 radical (unpaired) electrons. The summed E-state index contributed by atoms with van der Waals surface area (Å²) in [5.74, 6) is 1.73. The number of anilines is 1. The fourth-order valence-electron chi connectivity index (χ4n) is 4.17. The van der Waals surface area contributed by atoms with E-state index in [4.69, 9.17) is 14.5 Å². The highest BCUT2D eigenvalue weighted by atomic mass is 32.1. The standard InChI is InChI=1S/C23H22N8OS/c1-14-26-21(30-32-14)16-5-2-4-15(12-16)19-20(31-10-11-33-23(31)29-19)18-7-9-25-22(28-18)27-17-6-3-8-24-13-17/h2,4-5,7,9-12,17,24H,3,6,8,13H2,1H3,(H,25,27,28)/t17-/m1/s1. The van der Waals surface area contributed by atoms with Crippen molar-refractivity contribution in [3.05, 3.63) is 54.0 Å². The lowest BCUT2D eigenvalue weighted by Crippen LogP contribution is -2.38. The Morgan fingerprint density at radius 3 is 2.97 bits per heavy atom. The topological polar surface area (TPSA) is 106 Å². The quantitative estimate of drug-likeness (QED) is 0.406. The molecule has 5 heterocycles. The zero-order valence-corrected chi connectivity index (χ0v) is 18.8. The van der Waals surface area contributed by atoms with Gasteiger partial charge in [0.05, 0.1) is 11.4 Å². The zero-order valence-electron chi connectivity index (χ0n) is 18.0. The summed E-state index contributed by atoms with van der Waals surface area (Å²) in [4.78, 5) is 19.5. The molecule has 1 saturated heterocycles. The molecule has 1 atom stereocenters. The molecule has 0 amide bonds. The van der Waals surface area contributed by atoms with Crippen LogP contribution < -0.4 is 10.6 Å². The third-order valence-corrected chi connectivity index (χ3v) is 6.47. The van der Waals surface area contributed by atoms with Crippen molar-refractivity contribution in [2.75, 3.05) is 18.4 Å². The Bertz CT molecular complexity index is 1410. The second-order valence-electron chi connectivity index (χ2n) is 8.04. The summed E-state index contributed by atoms with van der Waals surface area (Å²) in [6, 6.07) is 10.3. The molecule has 33 heavy (non-hydrogen) atoms. The van der Waals surface area contributed by atoms with Crippen LogP contribution in [0.15, 0.2) is 52.6 Å². The number of rotatable bonds is 5. The van der Waals surface area contributed by atoms with Crippen molar-refractivity contribution < 1.29 is 4.52 Å². The van der Waals surface area contributed by atoms with E-state index in [0.717, 1.165) is 59.1 Å². The predicted octanol–water partition coefficient (Wildman–Crippen LogP) is 4.04. The first-order valence-electron chi connectivity index (χ1n) is 10.9. The van der Waals surface area contributed by atoms with Crippen molar-refractivity contribution in [2.45, 2.75) is 25.8 Å². The van der Waals surface area contributed by atoms with Crippen LogP contribution >= 0.6 is 11.3 Å². The molecule has 6 rings (SSSR count). The van der Waals surface area contributed by atoms with Crippen molar-refractivity contribution in [1.82, 2.24) is 34.8 Å². The van der Waals surface area contributed by atoms with Crippen LogP contribution in [0.4, 0.5) is 5.95 Å². The lowest BCUT2D eigenvalue weighted by Gasteiger charge is -2.23. The summed E-state index contributed by atoms with van der Waals surface area (Å²) in [5, 5.41) is 13.0. The van der Waals surface area contributed by atoms with Crippen LogP contribution in [-0.4, -0.2) is 48.6 Å². The fourth-order valence-corrected chi connectivity index (χ4v) is 4.89. The Morgan fingerprint density at radius 2 is 2.12 bits per heavy atom. The number of aryl methyl sites for hydroxylation is 1. The van der Waals surface area contributed by atoms with Crippen molar-refractivity contribution in [1.29, 1.82) is 0 Å². The predicted molar refractivity (Wildman–Crippen MR) is 127 cm³/mol. The van der Waals surface area contributed by atoms with Gasteiger partial charge in [0.2, 0.25) is 17.7 Å². The molecule has 0 bridgehead atoms. The first kappa shape index (κ1) is 20.0. The Morgan fingerprint density at radius 1 is 1.18 bits per heavy atom. The van der Waals surface area contributed by atoms with Crippen LogP contribution in [0.3, 0.4) is 0 Å². The molecule has 9 nitrogen and oxygen atoms in total. The van der Waals surface area contributed by atoms with E-state index in [-0.39, 0.29) is 0 Å². The van der Waals surface area contributed by atoms with E-state index in [1.807, 2.05) is 41.9 Å². The third-order valence-electron chi connectivity index (χ3n) is 5.71. The molecule has 4 aromatic heterocycles. The van der Waals surface area contributed by atoms with Gasteiger partial charge >= 0.3 is 0 Å². The third kappa shape index (κ3) is 3.87. The van der Waals surface area contributed by atoms with Crippen molar-refractivity contribution in [2.24, 2.45) is 0 Å². The van der Waals surface area contributed by atoms with Gasteiger partial charge in [-0.25, -0.2) is 15.0 Å². The van der Waals surface area contributed by atoms with E-state index < -0.39 is 0 Å². The van der Waals surface area contributed by atoms with Crippen LogP contribution in [0, 0.1) is 6.92 Å². The van der Waals surface area contributed by atoms with Crippen LogP contribution in [0.1, 0.15) is 18.7 Å². The van der Waals surface area contributed by atoms with Crippen LogP contribution in [0.25, 0.3) is 39.0 Å². The SMILES string of the molecule is Cc1nc(-c2cccc(-c3nc4sccn4c3-c3ccnc(N[C@@H]4CCCNC4)n3)c2)no1. The number of fused-ring (bicyclic) bond motifs is 1. The minimum absolute atomic E-state index is 0.329. The van der Waals surface area contributed by atoms with E-state index in [2.05, 4.69) is 30.2 Å². The summed E-state index contributed by atoms with van der Waals surface area (Å²) >= 11 is 1.59. The first-order valence-corrected chi connectivity index (χ1v) is 11.8. The molecular weight excluding hydrogens is 436 g/mol. The van der Waals surface area contributed by atoms with Gasteiger partial charge in [-0.2, -0.15) is 4.98 Å². The highest BCUT2D eigenvalue weighted by Crippen LogP contribution is 2.35. The monoisotopic (exact) mass is 458 g/mol. The number of nitrogens with one attached hydrogen (secondary N) is 2. The average molecular weight is 459 g/mol. The molecule has 5 aromatic rings. The molecule has 0 saturated carbocycles. The number of piperidine rings is 1. The van der Waals surface area contributed by atoms with Crippen LogP contribution in [0.2, 0.25) is 0 Å². The maximum atomic E-state index is 5.16. The number of thiazole rings is 1. The maximum Gasteiger partial charge on any atom is 0.223 e. The highest BCUT2D eigenvalue weighted by molar-refractivity contribution is 7.15. The molecule has 2 N–H and O–H groups in total. The Kier molecular flexibility index (Phi) is 5.08. The molecule has 0 spiro atoms. The molecule has 10 heteroatoms. The number of imidazole rings is 1. The van der Waals surface area contributed by atoms with E-state index in [9.17, 15) is 0 Å². The Hall–Kier alpha value is -3.63. The summed E-state index contributed by atoms with van der Waals surface area (Å²) in [6.07, 6.45) is 6.08. The molecular formula is C23H22N8OS. The van der Waals surface area contributed by atoms with Gasteiger partial charge in [-0.15, -0.1) is 11.3 Å². The number of hydrogen-bond donors (Lipinski definition) is 2. The van der Waals surface area contributed by atoms with Gasteiger partial charge in [-0.1, -0.05) is 23.4 Å². The second-order valence-corrected chi connectivity index (χ2v) is 8.91. The number of hydrogen-bond acceptors (Lipinski definition) is 9. The zero-order chi connectivity index (χ0) is 22.2. The normalized spacial score (nSPS) is 16.3. The summed E-state index contributed by atoms with van der Waals surface area (Å²) in [6.45, 7) is 3.77. The summed E-state index contributed by atoms with van der Waals surface area (Å²) in [5.41, 5.74) is 4.44. The fraction of sp³-hybridized carbons (Fsp3) is 0.261. The molecule has 1 aliphatic heterocycles. The smallest absolute Gasteiger partial charge is 0.223 e. The minimum atomic E-state index is 0.329. The van der Waals surface area contributed by atoms with E-state index >= 15 is 0 Å². The molecule has 0 unspecified atom stereocenters. The highest BCUT2D eigenvalue weighted by Gasteiger charge is 2.20. The van der Waals surface area contributed by atoms with Crippen molar-refractivity contribution in [3.8, 4) is 34.0 Å². The Labute approximate surface area is 193 Å². The lowest BCUT2D eigenvalue weighted by atomic mass is 10.0. The number of benzene rings is 1. The van der Waals surface area contributed by atoms with Gasteiger partial charge in [-0.3, -0.25) is 4.40 Å². The number of aromatic nitrogens is 6. The first-order chi connectivity index (χ1) is 16.2. The van der Waals surface area contributed by atoms with Crippen LogP contribution in [0.5, 0.6) is 0 Å². The van der Waals surface area contributed by atoms with Gasteiger partial charge in [0.15, 0.2) is 4.96 Å². The largest absolute Gasteiger partial charge is 0.350 e. The molecule has 1 aliphatic rings. The summed E-state index contributed by atoms with van der Waals surface area (Å²) in [7, 11) is 0. The van der Waals surface area contributed by atoms with Gasteiger partial charge < -0.3 is 15.2 Å². The molecule has 1 aromatic carbocycles. The average Bonchev–Trinajstić information content (AvgIpc) is 3.56. The maximum absolute atomic E-state index is 5.16. The number of nitrogens with zero attached hydrogens (tertiary/aromatic N) is 6. The van der Waals surface area contributed by atoms with E-state index in [1.165, 1.54) is 0 Å². The van der Waals surface area contributed by atoms with Gasteiger partial charge in [0, 0.05) is 48.4 Å². The van der Waals surface area contributed by atoms with Crippen LogP contribution in [-0.2, 0) is 0 Å². The van der Waals surface area contributed by atoms with Crippen molar-refractivity contribution >= 4 is 22.2 Å². The Balaban J connectivity index is 1.42. The van der Waals surface area contributed by atoms with E-state index in [1.54, 1.807) is 24.5 Å².